The number of amides is 2. The van der Waals surface area contributed by atoms with Gasteiger partial charge >= 0.3 is 12.0 Å². The standard InChI is InChI=1S/C15H25N3O3/c1-4-12-6-7-18(13(8-12)14(19)20)15(21)17(5-2)10-11(3)9-16/h11-13H,4-8,10H2,1-3H3,(H,19,20). The molecule has 0 saturated carbocycles. The minimum atomic E-state index is -0.939. The van der Waals surface area contributed by atoms with Gasteiger partial charge in [0.15, 0.2) is 0 Å². The maximum atomic E-state index is 12.6. The number of carboxylic acid groups (broad SMARTS) is 1. The fourth-order valence-corrected chi connectivity index (χ4v) is 2.77. The van der Waals surface area contributed by atoms with Gasteiger partial charge in [0.2, 0.25) is 0 Å². The summed E-state index contributed by atoms with van der Waals surface area (Å²) in [7, 11) is 0. The smallest absolute Gasteiger partial charge is 0.326 e. The molecule has 3 unspecified atom stereocenters. The molecular formula is C15H25N3O3. The summed E-state index contributed by atoms with van der Waals surface area (Å²) in [6, 6.07) is 1.10. The van der Waals surface area contributed by atoms with Crippen molar-refractivity contribution in [3.63, 3.8) is 0 Å². The fourth-order valence-electron chi connectivity index (χ4n) is 2.77. The zero-order valence-electron chi connectivity index (χ0n) is 13.1. The number of aliphatic carboxylic acids is 1. The molecule has 118 valence electrons. The summed E-state index contributed by atoms with van der Waals surface area (Å²) >= 11 is 0. The van der Waals surface area contributed by atoms with Gasteiger partial charge in [-0.05, 0) is 32.6 Å². The molecule has 0 aromatic heterocycles. The predicted molar refractivity (Wildman–Crippen MR) is 78.6 cm³/mol. The Morgan fingerprint density at radius 2 is 2.14 bits per heavy atom. The number of urea groups is 1. The van der Waals surface area contributed by atoms with Gasteiger partial charge in [-0.3, -0.25) is 0 Å². The van der Waals surface area contributed by atoms with Gasteiger partial charge in [-0.2, -0.15) is 5.26 Å². The SMILES string of the molecule is CCC1CCN(C(=O)N(CC)CC(C)C#N)C(C(=O)O)C1. The van der Waals surface area contributed by atoms with Crippen molar-refractivity contribution in [2.45, 2.75) is 46.1 Å². The van der Waals surface area contributed by atoms with Crippen molar-refractivity contribution in [2.75, 3.05) is 19.6 Å². The second-order valence-corrected chi connectivity index (χ2v) is 5.70. The van der Waals surface area contributed by atoms with E-state index in [-0.39, 0.29) is 11.9 Å². The molecule has 0 radical (unpaired) electrons. The Kier molecular flexibility index (Phi) is 6.47. The van der Waals surface area contributed by atoms with Gasteiger partial charge in [-0.1, -0.05) is 13.3 Å². The summed E-state index contributed by atoms with van der Waals surface area (Å²) in [5.74, 6) is -0.834. The van der Waals surface area contributed by atoms with Gasteiger partial charge in [-0.15, -0.1) is 0 Å². The third-order valence-electron chi connectivity index (χ3n) is 4.19. The molecule has 0 bridgehead atoms. The lowest BCUT2D eigenvalue weighted by atomic mass is 9.89. The predicted octanol–water partition coefficient (Wildman–Crippen LogP) is 2.16. The monoisotopic (exact) mass is 295 g/mol. The van der Waals surface area contributed by atoms with E-state index in [4.69, 9.17) is 5.26 Å². The number of likely N-dealkylation sites (tertiary alicyclic amines) is 1. The lowest BCUT2D eigenvalue weighted by Crippen LogP contribution is -2.55. The molecule has 1 saturated heterocycles. The van der Waals surface area contributed by atoms with Gasteiger partial charge in [0.25, 0.3) is 0 Å². The Balaban J connectivity index is 2.82. The molecule has 3 atom stereocenters. The van der Waals surface area contributed by atoms with Crippen molar-refractivity contribution in [1.82, 2.24) is 9.80 Å². The van der Waals surface area contributed by atoms with Crippen molar-refractivity contribution in [3.8, 4) is 6.07 Å². The van der Waals surface area contributed by atoms with Crippen LogP contribution in [0.1, 0.15) is 40.0 Å². The van der Waals surface area contributed by atoms with E-state index in [0.717, 1.165) is 12.8 Å². The minimum absolute atomic E-state index is 0.259. The third kappa shape index (κ3) is 4.35. The molecule has 6 heteroatoms. The van der Waals surface area contributed by atoms with E-state index in [9.17, 15) is 14.7 Å². The molecule has 1 N–H and O–H groups in total. The molecule has 6 nitrogen and oxygen atoms in total. The first-order valence-corrected chi connectivity index (χ1v) is 7.62. The Labute approximate surface area is 126 Å². The summed E-state index contributed by atoms with van der Waals surface area (Å²) in [6.07, 6.45) is 2.30. The zero-order chi connectivity index (χ0) is 16.0. The van der Waals surface area contributed by atoms with Crippen LogP contribution in [-0.2, 0) is 4.79 Å². The normalized spacial score (nSPS) is 23.2. The van der Waals surface area contributed by atoms with Gasteiger partial charge < -0.3 is 14.9 Å². The van der Waals surface area contributed by atoms with Crippen molar-refractivity contribution in [2.24, 2.45) is 11.8 Å². The van der Waals surface area contributed by atoms with E-state index < -0.39 is 12.0 Å². The highest BCUT2D eigenvalue weighted by atomic mass is 16.4. The van der Waals surface area contributed by atoms with Crippen LogP contribution in [0.5, 0.6) is 0 Å². The summed E-state index contributed by atoms with van der Waals surface area (Å²) in [6.45, 7) is 6.95. The molecule has 1 rings (SSSR count). The number of carbonyl (C=O) groups excluding carboxylic acids is 1. The first-order valence-electron chi connectivity index (χ1n) is 7.62. The topological polar surface area (TPSA) is 84.6 Å². The molecule has 1 heterocycles. The van der Waals surface area contributed by atoms with Crippen molar-refractivity contribution >= 4 is 12.0 Å². The van der Waals surface area contributed by atoms with Crippen LogP contribution in [0.2, 0.25) is 0 Å². The van der Waals surface area contributed by atoms with Crippen molar-refractivity contribution in [1.29, 1.82) is 5.26 Å². The van der Waals surface area contributed by atoms with Crippen LogP contribution in [0.15, 0.2) is 0 Å². The van der Waals surface area contributed by atoms with Gasteiger partial charge in [0.05, 0.1) is 12.0 Å². The minimum Gasteiger partial charge on any atom is -0.480 e. The molecule has 2 amide bonds. The number of carboxylic acids is 1. The summed E-state index contributed by atoms with van der Waals surface area (Å²) < 4.78 is 0. The van der Waals surface area contributed by atoms with Gasteiger partial charge in [-0.25, -0.2) is 9.59 Å². The van der Waals surface area contributed by atoms with Crippen LogP contribution < -0.4 is 0 Å². The average Bonchev–Trinajstić information content (AvgIpc) is 2.50. The average molecular weight is 295 g/mol. The fraction of sp³-hybridized carbons (Fsp3) is 0.800. The van der Waals surface area contributed by atoms with Gasteiger partial charge in [0.1, 0.15) is 6.04 Å². The molecule has 21 heavy (non-hydrogen) atoms. The lowest BCUT2D eigenvalue weighted by molar-refractivity contribution is -0.144. The van der Waals surface area contributed by atoms with E-state index >= 15 is 0 Å². The Morgan fingerprint density at radius 3 is 2.62 bits per heavy atom. The number of nitriles is 1. The van der Waals surface area contributed by atoms with Crippen molar-refractivity contribution < 1.29 is 14.7 Å². The number of carbonyl (C=O) groups is 2. The van der Waals surface area contributed by atoms with E-state index in [2.05, 4.69) is 6.07 Å². The van der Waals surface area contributed by atoms with Crippen molar-refractivity contribution in [3.05, 3.63) is 0 Å². The summed E-state index contributed by atoms with van der Waals surface area (Å²) in [5.41, 5.74) is 0. The molecule has 1 aliphatic heterocycles. The quantitative estimate of drug-likeness (QED) is 0.842. The van der Waals surface area contributed by atoms with E-state index in [1.807, 2.05) is 13.8 Å². The second-order valence-electron chi connectivity index (χ2n) is 5.70. The summed E-state index contributed by atoms with van der Waals surface area (Å²) in [5, 5.41) is 18.3. The first kappa shape index (κ1) is 17.3. The largest absolute Gasteiger partial charge is 0.480 e. The Bertz CT molecular complexity index is 419. The maximum Gasteiger partial charge on any atom is 0.326 e. The highest BCUT2D eigenvalue weighted by Gasteiger charge is 2.37. The highest BCUT2D eigenvalue weighted by Crippen LogP contribution is 2.26. The molecule has 1 aliphatic rings. The Morgan fingerprint density at radius 1 is 1.48 bits per heavy atom. The summed E-state index contributed by atoms with van der Waals surface area (Å²) in [4.78, 5) is 27.1. The van der Waals surface area contributed by atoms with E-state index in [1.165, 1.54) is 4.90 Å². The number of hydrogen-bond donors (Lipinski definition) is 1. The molecule has 0 spiro atoms. The van der Waals surface area contributed by atoms with Crippen LogP contribution in [0.25, 0.3) is 0 Å². The van der Waals surface area contributed by atoms with Crippen LogP contribution in [0.3, 0.4) is 0 Å². The first-order chi connectivity index (χ1) is 9.94. The zero-order valence-corrected chi connectivity index (χ0v) is 13.1. The number of piperidine rings is 1. The lowest BCUT2D eigenvalue weighted by Gasteiger charge is -2.39. The molecule has 1 fully saturated rings. The van der Waals surface area contributed by atoms with Crippen LogP contribution in [-0.4, -0.2) is 52.6 Å². The van der Waals surface area contributed by atoms with E-state index in [1.54, 1.807) is 11.8 Å². The van der Waals surface area contributed by atoms with Crippen LogP contribution in [0.4, 0.5) is 4.79 Å². The second kappa shape index (κ2) is 7.87. The molecular weight excluding hydrogens is 270 g/mol. The van der Waals surface area contributed by atoms with E-state index in [0.29, 0.717) is 32.0 Å². The molecule has 0 aromatic rings. The molecule has 0 aliphatic carbocycles. The van der Waals surface area contributed by atoms with Crippen LogP contribution >= 0.6 is 0 Å². The van der Waals surface area contributed by atoms with Gasteiger partial charge in [0, 0.05) is 19.6 Å². The number of hydrogen-bond acceptors (Lipinski definition) is 3. The molecule has 0 aromatic carbocycles. The van der Waals surface area contributed by atoms with Crippen LogP contribution in [0, 0.1) is 23.2 Å². The number of nitrogens with zero attached hydrogens (tertiary/aromatic N) is 3. The Hall–Kier alpha value is -1.77. The third-order valence-corrected chi connectivity index (χ3v) is 4.19. The highest BCUT2D eigenvalue weighted by molar-refractivity contribution is 5.83. The maximum absolute atomic E-state index is 12.6. The number of rotatable bonds is 5.